The maximum absolute atomic E-state index is 13.4. The van der Waals surface area contributed by atoms with Crippen molar-refractivity contribution in [1.29, 1.82) is 0 Å². The number of halogens is 1. The minimum atomic E-state index is -0.262. The molecule has 1 aliphatic rings. The van der Waals surface area contributed by atoms with Crippen LogP contribution in [0.15, 0.2) is 60.0 Å². The standard InChI is InChI=1S/C21H18FNOS/c1-14-2-4-16(5-3-14)21(24)23-12-10-19-18(11-13-25-19)20(23)15-6-8-17(22)9-7-15/h2-9,11,13,20H,10,12H2,1H3/t20-/m0/s1. The van der Waals surface area contributed by atoms with Crippen molar-refractivity contribution in [3.05, 3.63) is 92.9 Å². The molecule has 1 aliphatic heterocycles. The Bertz CT molecular complexity index is 898. The Hall–Kier alpha value is -2.46. The average molecular weight is 351 g/mol. The van der Waals surface area contributed by atoms with Crippen molar-refractivity contribution in [3.63, 3.8) is 0 Å². The molecule has 0 saturated carbocycles. The Labute approximate surface area is 150 Å². The highest BCUT2D eigenvalue weighted by molar-refractivity contribution is 7.10. The summed E-state index contributed by atoms with van der Waals surface area (Å²) < 4.78 is 13.4. The van der Waals surface area contributed by atoms with E-state index >= 15 is 0 Å². The SMILES string of the molecule is Cc1ccc(C(=O)N2CCc3sccc3[C@@H]2c2ccc(F)cc2)cc1. The van der Waals surface area contributed by atoms with Crippen molar-refractivity contribution in [1.82, 2.24) is 4.90 Å². The van der Waals surface area contributed by atoms with E-state index < -0.39 is 0 Å². The number of amides is 1. The van der Waals surface area contributed by atoms with Gasteiger partial charge in [0.15, 0.2) is 0 Å². The highest BCUT2D eigenvalue weighted by atomic mass is 32.1. The zero-order valence-electron chi connectivity index (χ0n) is 13.9. The quantitative estimate of drug-likeness (QED) is 0.637. The largest absolute Gasteiger partial charge is 0.327 e. The summed E-state index contributed by atoms with van der Waals surface area (Å²) in [4.78, 5) is 16.4. The molecule has 1 amide bonds. The van der Waals surface area contributed by atoms with Crippen LogP contribution in [-0.4, -0.2) is 17.4 Å². The molecular formula is C21H18FNOS. The third-order valence-electron chi connectivity index (χ3n) is 4.71. The third kappa shape index (κ3) is 2.98. The molecule has 0 fully saturated rings. The molecule has 0 radical (unpaired) electrons. The predicted molar refractivity (Wildman–Crippen MR) is 98.5 cm³/mol. The van der Waals surface area contributed by atoms with E-state index in [1.54, 1.807) is 23.5 Å². The number of carbonyl (C=O) groups is 1. The van der Waals surface area contributed by atoms with E-state index in [0.717, 1.165) is 23.1 Å². The van der Waals surface area contributed by atoms with Crippen LogP contribution in [0, 0.1) is 12.7 Å². The predicted octanol–water partition coefficient (Wildman–Crippen LogP) is 4.98. The molecule has 0 bridgehead atoms. The second kappa shape index (κ2) is 6.45. The minimum Gasteiger partial charge on any atom is -0.327 e. The Balaban J connectivity index is 1.76. The lowest BCUT2D eigenvalue weighted by atomic mass is 9.92. The summed E-state index contributed by atoms with van der Waals surface area (Å²) in [5.41, 5.74) is 3.92. The molecule has 0 unspecified atom stereocenters. The van der Waals surface area contributed by atoms with Crippen molar-refractivity contribution in [2.75, 3.05) is 6.54 Å². The van der Waals surface area contributed by atoms with Crippen LogP contribution in [0.5, 0.6) is 0 Å². The average Bonchev–Trinajstić information content (AvgIpc) is 3.10. The molecule has 2 aromatic carbocycles. The molecule has 1 atom stereocenters. The van der Waals surface area contributed by atoms with E-state index in [2.05, 4.69) is 11.4 Å². The fourth-order valence-corrected chi connectivity index (χ4v) is 4.31. The van der Waals surface area contributed by atoms with Gasteiger partial charge in [0.25, 0.3) is 5.91 Å². The molecular weight excluding hydrogens is 333 g/mol. The number of hydrogen-bond donors (Lipinski definition) is 0. The molecule has 1 aromatic heterocycles. The minimum absolute atomic E-state index is 0.0196. The maximum Gasteiger partial charge on any atom is 0.254 e. The van der Waals surface area contributed by atoms with Gasteiger partial charge in [-0.2, -0.15) is 0 Å². The van der Waals surface area contributed by atoms with Crippen LogP contribution >= 0.6 is 11.3 Å². The topological polar surface area (TPSA) is 20.3 Å². The fourth-order valence-electron chi connectivity index (χ4n) is 3.40. The highest BCUT2D eigenvalue weighted by Crippen LogP contribution is 2.38. The zero-order valence-corrected chi connectivity index (χ0v) is 14.7. The van der Waals surface area contributed by atoms with Gasteiger partial charge < -0.3 is 4.90 Å². The molecule has 3 aromatic rings. The van der Waals surface area contributed by atoms with Gasteiger partial charge in [-0.25, -0.2) is 4.39 Å². The first-order valence-corrected chi connectivity index (χ1v) is 9.21. The van der Waals surface area contributed by atoms with Crippen molar-refractivity contribution >= 4 is 17.2 Å². The van der Waals surface area contributed by atoms with Crippen molar-refractivity contribution in [2.24, 2.45) is 0 Å². The van der Waals surface area contributed by atoms with Crippen LogP contribution in [0.25, 0.3) is 0 Å². The molecule has 25 heavy (non-hydrogen) atoms. The second-order valence-corrected chi connectivity index (χ2v) is 7.37. The first-order chi connectivity index (χ1) is 12.1. The Morgan fingerprint density at radius 3 is 2.52 bits per heavy atom. The van der Waals surface area contributed by atoms with Crippen LogP contribution in [0.2, 0.25) is 0 Å². The van der Waals surface area contributed by atoms with Gasteiger partial charge in [-0.05, 0) is 60.2 Å². The summed E-state index contributed by atoms with van der Waals surface area (Å²) in [6.07, 6.45) is 0.863. The molecule has 4 rings (SSSR count). The number of thiophene rings is 1. The molecule has 126 valence electrons. The van der Waals surface area contributed by atoms with Gasteiger partial charge in [0.2, 0.25) is 0 Å². The van der Waals surface area contributed by atoms with Crippen LogP contribution < -0.4 is 0 Å². The first kappa shape index (κ1) is 16.0. The van der Waals surface area contributed by atoms with E-state index in [4.69, 9.17) is 0 Å². The summed E-state index contributed by atoms with van der Waals surface area (Å²) >= 11 is 1.73. The lowest BCUT2D eigenvalue weighted by Crippen LogP contribution is -2.40. The molecule has 2 nitrogen and oxygen atoms in total. The maximum atomic E-state index is 13.4. The molecule has 0 aliphatic carbocycles. The van der Waals surface area contributed by atoms with Gasteiger partial charge in [-0.1, -0.05) is 29.8 Å². The fraction of sp³-hybridized carbons (Fsp3) is 0.190. The van der Waals surface area contributed by atoms with E-state index in [-0.39, 0.29) is 17.8 Å². The van der Waals surface area contributed by atoms with Crippen LogP contribution in [0.1, 0.15) is 38.0 Å². The number of fused-ring (bicyclic) bond motifs is 1. The van der Waals surface area contributed by atoms with E-state index in [0.29, 0.717) is 12.1 Å². The highest BCUT2D eigenvalue weighted by Gasteiger charge is 2.33. The molecule has 0 N–H and O–H groups in total. The Morgan fingerprint density at radius 2 is 1.80 bits per heavy atom. The summed E-state index contributed by atoms with van der Waals surface area (Å²) in [5, 5.41) is 2.07. The number of rotatable bonds is 2. The zero-order chi connectivity index (χ0) is 17.4. The Morgan fingerprint density at radius 1 is 1.08 bits per heavy atom. The molecule has 4 heteroatoms. The van der Waals surface area contributed by atoms with Crippen LogP contribution in [0.4, 0.5) is 4.39 Å². The van der Waals surface area contributed by atoms with E-state index in [1.165, 1.54) is 17.0 Å². The van der Waals surface area contributed by atoms with Crippen molar-refractivity contribution in [3.8, 4) is 0 Å². The first-order valence-electron chi connectivity index (χ1n) is 8.33. The van der Waals surface area contributed by atoms with Crippen molar-refractivity contribution < 1.29 is 9.18 Å². The van der Waals surface area contributed by atoms with Crippen molar-refractivity contribution in [2.45, 2.75) is 19.4 Å². The molecule has 2 heterocycles. The summed E-state index contributed by atoms with van der Waals surface area (Å²) in [6.45, 7) is 2.68. The number of nitrogens with zero attached hydrogens (tertiary/aromatic N) is 1. The van der Waals surface area contributed by atoms with Gasteiger partial charge in [0, 0.05) is 17.0 Å². The van der Waals surface area contributed by atoms with Crippen LogP contribution in [0.3, 0.4) is 0 Å². The Kier molecular flexibility index (Phi) is 4.14. The number of benzene rings is 2. The summed E-state index contributed by atoms with van der Waals surface area (Å²) in [7, 11) is 0. The monoisotopic (exact) mass is 351 g/mol. The third-order valence-corrected chi connectivity index (χ3v) is 5.71. The lowest BCUT2D eigenvalue weighted by molar-refractivity contribution is 0.0696. The van der Waals surface area contributed by atoms with Gasteiger partial charge in [-0.3, -0.25) is 4.79 Å². The smallest absolute Gasteiger partial charge is 0.254 e. The molecule has 0 spiro atoms. The normalized spacial score (nSPS) is 16.6. The number of aryl methyl sites for hydroxylation is 1. The van der Waals surface area contributed by atoms with Gasteiger partial charge in [0.1, 0.15) is 5.82 Å². The lowest BCUT2D eigenvalue weighted by Gasteiger charge is -2.36. The van der Waals surface area contributed by atoms with Gasteiger partial charge in [0.05, 0.1) is 6.04 Å². The number of hydrogen-bond acceptors (Lipinski definition) is 2. The second-order valence-electron chi connectivity index (χ2n) is 6.37. The summed E-state index contributed by atoms with van der Waals surface area (Å²) in [5.74, 6) is -0.243. The van der Waals surface area contributed by atoms with Gasteiger partial charge in [-0.15, -0.1) is 11.3 Å². The van der Waals surface area contributed by atoms with E-state index in [9.17, 15) is 9.18 Å². The molecule has 0 saturated heterocycles. The van der Waals surface area contributed by atoms with Gasteiger partial charge >= 0.3 is 0 Å². The summed E-state index contributed by atoms with van der Waals surface area (Å²) in [6, 6.07) is 16.1. The van der Waals surface area contributed by atoms with E-state index in [1.807, 2.05) is 36.1 Å². The van der Waals surface area contributed by atoms with Crippen LogP contribution in [-0.2, 0) is 6.42 Å². The number of carbonyl (C=O) groups excluding carboxylic acids is 1.